The van der Waals surface area contributed by atoms with Crippen LogP contribution in [0, 0.1) is 11.3 Å². The van der Waals surface area contributed by atoms with Gasteiger partial charge in [0.1, 0.15) is 5.76 Å². The molecule has 1 aliphatic heterocycles. The molecule has 1 aliphatic rings. The number of hydrogen-bond donors (Lipinski definition) is 3. The summed E-state index contributed by atoms with van der Waals surface area (Å²) in [6.45, 7) is 7.16. The predicted octanol–water partition coefficient (Wildman–Crippen LogP) is 5.28. The summed E-state index contributed by atoms with van der Waals surface area (Å²) >= 11 is 1.11. The maximum atomic E-state index is 13.3. The van der Waals surface area contributed by atoms with Gasteiger partial charge in [0, 0.05) is 16.9 Å². The number of nitriles is 1. The third kappa shape index (κ3) is 6.51. The van der Waals surface area contributed by atoms with E-state index in [1.54, 1.807) is 19.1 Å². The Hall–Kier alpha value is -3.65. The van der Waals surface area contributed by atoms with Crippen LogP contribution in [0.5, 0.6) is 0 Å². The smallest absolute Gasteiger partial charge is 0.416 e. The van der Waals surface area contributed by atoms with E-state index >= 15 is 0 Å². The Kier molecular flexibility index (Phi) is 7.89. The third-order valence-electron chi connectivity index (χ3n) is 5.03. The second kappa shape index (κ2) is 10.5. The van der Waals surface area contributed by atoms with Gasteiger partial charge in [-0.3, -0.25) is 9.59 Å². The molecule has 3 N–H and O–H groups in total. The number of hydrogen-bond acceptors (Lipinski definition) is 6. The van der Waals surface area contributed by atoms with Gasteiger partial charge in [0.05, 0.1) is 45.7 Å². The highest BCUT2D eigenvalue weighted by atomic mass is 32.2. The number of halogens is 3. The van der Waals surface area contributed by atoms with Crippen LogP contribution in [0.2, 0.25) is 0 Å². The van der Waals surface area contributed by atoms with Crippen molar-refractivity contribution in [1.82, 2.24) is 10.6 Å². The average Bonchev–Trinajstić information content (AvgIpc) is 3.30. The fourth-order valence-corrected chi connectivity index (χ4v) is 4.52. The number of nitrogens with one attached hydrogen (secondary N) is 3. The van der Waals surface area contributed by atoms with Crippen LogP contribution in [0.1, 0.15) is 44.9 Å². The van der Waals surface area contributed by atoms with Gasteiger partial charge < -0.3 is 20.4 Å². The fraction of sp³-hybridized carbons (Fsp3) is 0.320. The van der Waals surface area contributed by atoms with Gasteiger partial charge >= 0.3 is 6.18 Å². The van der Waals surface area contributed by atoms with Crippen molar-refractivity contribution >= 4 is 29.3 Å². The Morgan fingerprint density at radius 2 is 1.92 bits per heavy atom. The summed E-state index contributed by atoms with van der Waals surface area (Å²) in [7, 11) is 0. The number of dihydropyridines is 1. The zero-order valence-corrected chi connectivity index (χ0v) is 20.9. The minimum absolute atomic E-state index is 0.0225. The maximum absolute atomic E-state index is 13.3. The molecular formula is C25H25F3N4O3S. The third-order valence-corrected chi connectivity index (χ3v) is 6.05. The van der Waals surface area contributed by atoms with Crippen molar-refractivity contribution in [2.24, 2.45) is 0 Å². The number of alkyl halides is 3. The van der Waals surface area contributed by atoms with Crippen molar-refractivity contribution in [3.05, 3.63) is 75.9 Å². The van der Waals surface area contributed by atoms with Crippen LogP contribution in [-0.2, 0) is 15.8 Å². The number of amides is 2. The molecule has 7 nitrogen and oxygen atoms in total. The molecule has 0 radical (unpaired) electrons. The molecular weight excluding hydrogens is 493 g/mol. The van der Waals surface area contributed by atoms with Crippen molar-refractivity contribution in [1.29, 1.82) is 5.26 Å². The van der Waals surface area contributed by atoms with Gasteiger partial charge in [0.15, 0.2) is 0 Å². The normalized spacial score (nSPS) is 16.3. The molecule has 0 spiro atoms. The average molecular weight is 519 g/mol. The van der Waals surface area contributed by atoms with Crippen molar-refractivity contribution in [2.45, 2.75) is 45.3 Å². The van der Waals surface area contributed by atoms with E-state index in [1.807, 2.05) is 20.8 Å². The van der Waals surface area contributed by atoms with E-state index in [1.165, 1.54) is 18.4 Å². The molecule has 1 unspecified atom stereocenters. The van der Waals surface area contributed by atoms with Gasteiger partial charge in [-0.25, -0.2) is 0 Å². The molecule has 2 amide bonds. The van der Waals surface area contributed by atoms with Crippen LogP contribution in [-0.4, -0.2) is 23.1 Å². The Bertz CT molecular complexity index is 1250. The predicted molar refractivity (Wildman–Crippen MR) is 130 cm³/mol. The highest BCUT2D eigenvalue weighted by Gasteiger charge is 2.37. The molecule has 2 heterocycles. The van der Waals surface area contributed by atoms with Crippen molar-refractivity contribution in [3.63, 3.8) is 0 Å². The number of thioether (sulfide) groups is 1. The zero-order chi connectivity index (χ0) is 26.7. The van der Waals surface area contributed by atoms with E-state index in [2.05, 4.69) is 22.0 Å². The number of carbonyl (C=O) groups is 2. The van der Waals surface area contributed by atoms with Crippen LogP contribution >= 0.6 is 11.8 Å². The lowest BCUT2D eigenvalue weighted by Crippen LogP contribution is -2.41. The minimum atomic E-state index is -4.57. The number of furan rings is 1. The topological polar surface area (TPSA) is 107 Å². The highest BCUT2D eigenvalue weighted by molar-refractivity contribution is 8.03. The lowest BCUT2D eigenvalue weighted by molar-refractivity contribution is -0.137. The van der Waals surface area contributed by atoms with Crippen LogP contribution < -0.4 is 16.0 Å². The first-order chi connectivity index (χ1) is 16.8. The first-order valence-electron chi connectivity index (χ1n) is 10.9. The first-order valence-corrected chi connectivity index (χ1v) is 11.9. The zero-order valence-electron chi connectivity index (χ0n) is 20.0. The van der Waals surface area contributed by atoms with E-state index in [-0.39, 0.29) is 28.5 Å². The standard InChI is InChI=1S/C25H25F3N4O3S/c1-14-20(22(34)31-16-8-5-7-15(11-16)25(26,27)28)21(18-9-6-10-35-18)17(12-29)23(30-14)36-13-19(33)32-24(2,3)4/h5-11,21,30H,13H2,1-4H3,(H,31,34)(H,32,33). The molecule has 0 aliphatic carbocycles. The molecule has 0 saturated carbocycles. The maximum Gasteiger partial charge on any atom is 0.416 e. The number of nitrogens with zero attached hydrogens (tertiary/aromatic N) is 1. The van der Waals surface area contributed by atoms with Crippen LogP contribution in [0.4, 0.5) is 18.9 Å². The van der Waals surface area contributed by atoms with Gasteiger partial charge in [0.25, 0.3) is 5.91 Å². The summed E-state index contributed by atoms with van der Waals surface area (Å²) in [4.78, 5) is 25.6. The molecule has 1 aromatic carbocycles. The fourth-order valence-electron chi connectivity index (χ4n) is 3.63. The van der Waals surface area contributed by atoms with E-state index in [0.29, 0.717) is 16.5 Å². The monoisotopic (exact) mass is 518 g/mol. The molecule has 0 bridgehead atoms. The summed E-state index contributed by atoms with van der Waals surface area (Å²) in [6.07, 6.45) is -3.17. The molecule has 0 fully saturated rings. The van der Waals surface area contributed by atoms with Crippen molar-refractivity contribution in [3.8, 4) is 6.07 Å². The molecule has 1 aromatic heterocycles. The van der Waals surface area contributed by atoms with Crippen LogP contribution in [0.15, 0.2) is 69.0 Å². The molecule has 190 valence electrons. The largest absolute Gasteiger partial charge is 0.468 e. The summed E-state index contributed by atoms with van der Waals surface area (Å²) in [5, 5.41) is 18.7. The lowest BCUT2D eigenvalue weighted by Gasteiger charge is -2.28. The first kappa shape index (κ1) is 26.9. The Morgan fingerprint density at radius 3 is 2.50 bits per heavy atom. The molecule has 3 rings (SSSR count). The summed E-state index contributed by atoms with van der Waals surface area (Å²) in [5.74, 6) is -1.52. The van der Waals surface area contributed by atoms with Gasteiger partial charge in [-0.1, -0.05) is 17.8 Å². The SMILES string of the molecule is CC1=C(C(=O)Nc2cccc(C(F)(F)F)c2)C(c2ccco2)C(C#N)=C(SCC(=O)NC(C)(C)C)N1. The van der Waals surface area contributed by atoms with Gasteiger partial charge in [-0.15, -0.1) is 0 Å². The second-order valence-electron chi connectivity index (χ2n) is 9.09. The van der Waals surface area contributed by atoms with Gasteiger partial charge in [-0.2, -0.15) is 18.4 Å². The van der Waals surface area contributed by atoms with Gasteiger partial charge in [0.2, 0.25) is 5.91 Å². The molecule has 1 atom stereocenters. The van der Waals surface area contributed by atoms with Crippen LogP contribution in [0.3, 0.4) is 0 Å². The number of carbonyl (C=O) groups excluding carboxylic acids is 2. The van der Waals surface area contributed by atoms with Gasteiger partial charge in [-0.05, 0) is 58.0 Å². The van der Waals surface area contributed by atoms with E-state index < -0.39 is 29.1 Å². The molecule has 11 heteroatoms. The number of rotatable bonds is 6. The quantitative estimate of drug-likeness (QED) is 0.480. The van der Waals surface area contributed by atoms with Crippen molar-refractivity contribution < 1.29 is 27.2 Å². The summed E-state index contributed by atoms with van der Waals surface area (Å²) in [6, 6.07) is 9.59. The molecule has 0 saturated heterocycles. The molecule has 36 heavy (non-hydrogen) atoms. The summed E-state index contributed by atoms with van der Waals surface area (Å²) in [5.41, 5.74) is -0.736. The number of allylic oxidation sites excluding steroid dienone is 2. The van der Waals surface area contributed by atoms with Crippen LogP contribution in [0.25, 0.3) is 0 Å². The number of anilines is 1. The van der Waals surface area contributed by atoms with Crippen molar-refractivity contribution in [2.75, 3.05) is 11.1 Å². The number of benzene rings is 1. The second-order valence-corrected chi connectivity index (χ2v) is 10.1. The Morgan fingerprint density at radius 1 is 1.19 bits per heavy atom. The Balaban J connectivity index is 1.93. The lowest BCUT2D eigenvalue weighted by atomic mass is 9.85. The van der Waals surface area contributed by atoms with E-state index in [9.17, 15) is 28.0 Å². The van der Waals surface area contributed by atoms with E-state index in [4.69, 9.17) is 4.42 Å². The molecule has 2 aromatic rings. The van der Waals surface area contributed by atoms with E-state index in [0.717, 1.165) is 23.9 Å². The highest BCUT2D eigenvalue weighted by Crippen LogP contribution is 2.41. The minimum Gasteiger partial charge on any atom is -0.468 e. The summed E-state index contributed by atoms with van der Waals surface area (Å²) < 4.78 is 44.9. The Labute approximate surface area is 210 Å².